The summed E-state index contributed by atoms with van der Waals surface area (Å²) in [5.74, 6) is 0.0782. The summed E-state index contributed by atoms with van der Waals surface area (Å²) in [6, 6.07) is 5.71. The Balaban J connectivity index is 3.21. The van der Waals surface area contributed by atoms with E-state index in [1.54, 1.807) is 6.08 Å². The molecule has 1 unspecified atom stereocenters. The molecule has 0 heterocycles. The molecule has 0 saturated carbocycles. The lowest BCUT2D eigenvalue weighted by molar-refractivity contribution is 0.271. The van der Waals surface area contributed by atoms with Crippen LogP contribution in [0.15, 0.2) is 24.8 Å². The topological polar surface area (TPSA) is 40.5 Å². The van der Waals surface area contributed by atoms with Crippen molar-refractivity contribution in [3.05, 3.63) is 41.5 Å². The summed E-state index contributed by atoms with van der Waals surface area (Å²) in [4.78, 5) is 0. The molecule has 0 bridgehead atoms. The van der Waals surface area contributed by atoms with E-state index in [0.717, 1.165) is 16.7 Å². The van der Waals surface area contributed by atoms with Crippen LogP contribution in [0.5, 0.6) is 0 Å². The lowest BCUT2D eigenvalue weighted by atomic mass is 9.93. The lowest BCUT2D eigenvalue weighted by Crippen LogP contribution is -2.03. The third-order valence-electron chi connectivity index (χ3n) is 2.41. The van der Waals surface area contributed by atoms with Gasteiger partial charge >= 0.3 is 0 Å². The van der Waals surface area contributed by atoms with Gasteiger partial charge in [0.2, 0.25) is 0 Å². The molecule has 0 fully saturated rings. The van der Waals surface area contributed by atoms with Gasteiger partial charge in [-0.15, -0.1) is 0 Å². The van der Waals surface area contributed by atoms with Crippen molar-refractivity contribution in [2.24, 2.45) is 0 Å². The molecule has 0 aliphatic heterocycles. The highest BCUT2D eigenvalue weighted by atomic mass is 16.3. The molecule has 2 heteroatoms. The van der Waals surface area contributed by atoms with Crippen LogP contribution < -0.4 is 0 Å². The maximum Gasteiger partial charge on any atom is 0.0687 e. The number of hydrogen-bond donors (Lipinski definition) is 2. The molecule has 0 spiro atoms. The molecule has 76 valence electrons. The predicted molar refractivity (Wildman–Crippen MR) is 58.0 cm³/mol. The molecule has 0 radical (unpaired) electrons. The number of benzene rings is 1. The summed E-state index contributed by atoms with van der Waals surface area (Å²) < 4.78 is 0. The fraction of sp³-hybridized carbons (Fsp3) is 0.333. The van der Waals surface area contributed by atoms with Crippen molar-refractivity contribution in [3.63, 3.8) is 0 Å². The number of aliphatic hydroxyl groups is 2. The maximum atomic E-state index is 9.12. The van der Waals surface area contributed by atoms with Crippen LogP contribution in [-0.2, 0) is 6.61 Å². The molecule has 1 aromatic rings. The van der Waals surface area contributed by atoms with Crippen molar-refractivity contribution >= 4 is 6.08 Å². The molecule has 2 N–H and O–H groups in total. The second-order valence-electron chi connectivity index (χ2n) is 3.37. The fourth-order valence-corrected chi connectivity index (χ4v) is 1.55. The average molecular weight is 192 g/mol. The normalized spacial score (nSPS) is 12.5. The van der Waals surface area contributed by atoms with E-state index in [9.17, 15) is 0 Å². The molecular formula is C12H16O2. The Kier molecular flexibility index (Phi) is 3.86. The lowest BCUT2D eigenvalue weighted by Gasteiger charge is -2.14. The predicted octanol–water partition coefficient (Wildman–Crippen LogP) is 1.92. The van der Waals surface area contributed by atoms with Crippen molar-refractivity contribution in [1.29, 1.82) is 0 Å². The molecule has 1 atom stereocenters. The van der Waals surface area contributed by atoms with E-state index in [1.165, 1.54) is 0 Å². The highest BCUT2D eigenvalue weighted by molar-refractivity contribution is 5.57. The molecular weight excluding hydrogens is 176 g/mol. The second kappa shape index (κ2) is 4.94. The quantitative estimate of drug-likeness (QED) is 0.765. The van der Waals surface area contributed by atoms with Crippen molar-refractivity contribution in [1.82, 2.24) is 0 Å². The van der Waals surface area contributed by atoms with E-state index >= 15 is 0 Å². The minimum Gasteiger partial charge on any atom is -0.396 e. The maximum absolute atomic E-state index is 9.12. The second-order valence-corrected chi connectivity index (χ2v) is 3.37. The smallest absolute Gasteiger partial charge is 0.0687 e. The van der Waals surface area contributed by atoms with Crippen LogP contribution in [0, 0.1) is 0 Å². The first-order valence-electron chi connectivity index (χ1n) is 4.70. The summed E-state index contributed by atoms with van der Waals surface area (Å²) in [7, 11) is 0. The monoisotopic (exact) mass is 192 g/mol. The first-order chi connectivity index (χ1) is 6.74. The number of rotatable bonds is 4. The van der Waals surface area contributed by atoms with Gasteiger partial charge in [0.05, 0.1) is 6.61 Å². The molecule has 2 nitrogen and oxygen atoms in total. The van der Waals surface area contributed by atoms with Gasteiger partial charge in [0.25, 0.3) is 0 Å². The molecule has 1 rings (SSSR count). The van der Waals surface area contributed by atoms with Crippen LogP contribution in [0.25, 0.3) is 6.08 Å². The van der Waals surface area contributed by atoms with Gasteiger partial charge in [-0.05, 0) is 16.7 Å². The highest BCUT2D eigenvalue weighted by Crippen LogP contribution is 2.23. The summed E-state index contributed by atoms with van der Waals surface area (Å²) in [6.45, 7) is 5.79. The van der Waals surface area contributed by atoms with Gasteiger partial charge in [-0.3, -0.25) is 0 Å². The van der Waals surface area contributed by atoms with Crippen LogP contribution in [0.3, 0.4) is 0 Å². The summed E-state index contributed by atoms with van der Waals surface area (Å²) in [5, 5.41) is 18.2. The van der Waals surface area contributed by atoms with Gasteiger partial charge in [-0.2, -0.15) is 0 Å². The van der Waals surface area contributed by atoms with Gasteiger partial charge in [0.1, 0.15) is 0 Å². The van der Waals surface area contributed by atoms with Gasteiger partial charge in [-0.1, -0.05) is 37.8 Å². The first kappa shape index (κ1) is 11.0. The van der Waals surface area contributed by atoms with Crippen LogP contribution in [0.1, 0.15) is 29.5 Å². The molecule has 0 amide bonds. The zero-order chi connectivity index (χ0) is 10.6. The van der Waals surface area contributed by atoms with Crippen LogP contribution in [0.4, 0.5) is 0 Å². The Hall–Kier alpha value is -1.12. The molecule has 1 aromatic carbocycles. The third kappa shape index (κ3) is 2.03. The Morgan fingerprint density at radius 2 is 2.14 bits per heavy atom. The Morgan fingerprint density at radius 3 is 2.64 bits per heavy atom. The standard InChI is InChI=1S/C12H16O2/c1-3-11-10(8-14)5-4-6-12(11)9(2)7-13/h3-6,9,13-14H,1,7-8H2,2H3. The minimum atomic E-state index is 0.00728. The summed E-state index contributed by atoms with van der Waals surface area (Å²) in [5.41, 5.74) is 2.84. The van der Waals surface area contributed by atoms with E-state index in [1.807, 2.05) is 25.1 Å². The molecule has 0 saturated heterocycles. The first-order valence-corrected chi connectivity index (χ1v) is 4.70. The molecule has 0 aliphatic rings. The van der Waals surface area contributed by atoms with Gasteiger partial charge in [0.15, 0.2) is 0 Å². The van der Waals surface area contributed by atoms with Crippen molar-refractivity contribution in [2.45, 2.75) is 19.4 Å². The van der Waals surface area contributed by atoms with Crippen molar-refractivity contribution < 1.29 is 10.2 Å². The fourth-order valence-electron chi connectivity index (χ4n) is 1.55. The van der Waals surface area contributed by atoms with Crippen molar-refractivity contribution in [2.75, 3.05) is 6.61 Å². The Labute approximate surface area is 84.5 Å². The SMILES string of the molecule is C=Cc1c(CO)cccc1C(C)CO. The average Bonchev–Trinajstić information content (AvgIpc) is 2.26. The van der Waals surface area contributed by atoms with Crippen LogP contribution >= 0.6 is 0 Å². The van der Waals surface area contributed by atoms with Crippen LogP contribution in [0.2, 0.25) is 0 Å². The number of hydrogen-bond acceptors (Lipinski definition) is 2. The summed E-state index contributed by atoms with van der Waals surface area (Å²) in [6.07, 6.45) is 1.73. The molecule has 14 heavy (non-hydrogen) atoms. The number of aliphatic hydroxyl groups excluding tert-OH is 2. The Morgan fingerprint density at radius 1 is 1.43 bits per heavy atom. The summed E-state index contributed by atoms with van der Waals surface area (Å²) >= 11 is 0. The van der Waals surface area contributed by atoms with Gasteiger partial charge in [-0.25, -0.2) is 0 Å². The van der Waals surface area contributed by atoms with Crippen molar-refractivity contribution in [3.8, 4) is 0 Å². The Bertz CT molecular complexity index is 318. The van der Waals surface area contributed by atoms with E-state index in [2.05, 4.69) is 6.58 Å². The highest BCUT2D eigenvalue weighted by Gasteiger charge is 2.10. The zero-order valence-electron chi connectivity index (χ0n) is 8.40. The van der Waals surface area contributed by atoms with Gasteiger partial charge in [0, 0.05) is 12.5 Å². The van der Waals surface area contributed by atoms with E-state index in [0.29, 0.717) is 0 Å². The molecule has 0 aromatic heterocycles. The van der Waals surface area contributed by atoms with E-state index in [-0.39, 0.29) is 19.1 Å². The largest absolute Gasteiger partial charge is 0.396 e. The van der Waals surface area contributed by atoms with Gasteiger partial charge < -0.3 is 10.2 Å². The molecule has 0 aliphatic carbocycles. The zero-order valence-corrected chi connectivity index (χ0v) is 8.40. The van der Waals surface area contributed by atoms with E-state index < -0.39 is 0 Å². The van der Waals surface area contributed by atoms with E-state index in [4.69, 9.17) is 10.2 Å². The minimum absolute atomic E-state index is 0.00728. The third-order valence-corrected chi connectivity index (χ3v) is 2.41. The van der Waals surface area contributed by atoms with Crippen LogP contribution in [-0.4, -0.2) is 16.8 Å².